The second-order valence-electron chi connectivity index (χ2n) is 3.59. The van der Waals surface area contributed by atoms with Crippen molar-refractivity contribution in [3.05, 3.63) is 0 Å². The van der Waals surface area contributed by atoms with E-state index in [0.717, 1.165) is 18.4 Å². The Morgan fingerprint density at radius 1 is 1.33 bits per heavy atom. The molecule has 74 valence electrons. The van der Waals surface area contributed by atoms with E-state index >= 15 is 0 Å². The van der Waals surface area contributed by atoms with Crippen molar-refractivity contribution >= 4 is 11.8 Å². The normalized spacial score (nSPS) is 13.8. The van der Waals surface area contributed by atoms with Gasteiger partial charge in [-0.25, -0.2) is 0 Å². The van der Waals surface area contributed by atoms with E-state index in [1.807, 2.05) is 11.8 Å². The smallest absolute Gasteiger partial charge is 0.00179 e. The van der Waals surface area contributed by atoms with Gasteiger partial charge < -0.3 is 5.32 Å². The van der Waals surface area contributed by atoms with Gasteiger partial charge in [-0.15, -0.1) is 0 Å². The van der Waals surface area contributed by atoms with Gasteiger partial charge in [0, 0.05) is 0 Å². The Hall–Kier alpha value is 0.310. The molecule has 1 N–H and O–H groups in total. The molecule has 0 radical (unpaired) electrons. The molecule has 0 aliphatic rings. The fourth-order valence-electron chi connectivity index (χ4n) is 1.27. The fourth-order valence-corrected chi connectivity index (χ4v) is 1.81. The van der Waals surface area contributed by atoms with Gasteiger partial charge in [-0.05, 0) is 43.4 Å². The summed E-state index contributed by atoms with van der Waals surface area (Å²) in [5, 5.41) is 3.43. The van der Waals surface area contributed by atoms with E-state index in [1.165, 1.54) is 18.7 Å². The SMILES string of the molecule is CCNCC(CCSC)C(C)C. The first-order valence-corrected chi connectivity index (χ1v) is 6.31. The molecule has 0 saturated carbocycles. The lowest BCUT2D eigenvalue weighted by Gasteiger charge is -2.20. The van der Waals surface area contributed by atoms with Crippen LogP contribution < -0.4 is 5.32 Å². The van der Waals surface area contributed by atoms with E-state index in [2.05, 4.69) is 32.3 Å². The van der Waals surface area contributed by atoms with E-state index in [-0.39, 0.29) is 0 Å². The molecule has 1 atom stereocenters. The molecule has 0 amide bonds. The Bertz CT molecular complexity index is 85.8. The van der Waals surface area contributed by atoms with Crippen molar-refractivity contribution < 1.29 is 0 Å². The minimum Gasteiger partial charge on any atom is -0.317 e. The van der Waals surface area contributed by atoms with E-state index in [0.29, 0.717) is 0 Å². The Kier molecular flexibility index (Phi) is 8.14. The standard InChI is InChI=1S/C10H23NS/c1-5-11-8-10(9(2)3)6-7-12-4/h9-11H,5-8H2,1-4H3. The number of thioether (sulfide) groups is 1. The summed E-state index contributed by atoms with van der Waals surface area (Å²) in [6, 6.07) is 0. The Morgan fingerprint density at radius 3 is 2.42 bits per heavy atom. The number of rotatable bonds is 7. The van der Waals surface area contributed by atoms with Gasteiger partial charge in [-0.2, -0.15) is 11.8 Å². The molecule has 0 fully saturated rings. The summed E-state index contributed by atoms with van der Waals surface area (Å²) in [4.78, 5) is 0. The van der Waals surface area contributed by atoms with Crippen LogP contribution in [-0.4, -0.2) is 25.1 Å². The molecule has 0 saturated heterocycles. The lowest BCUT2D eigenvalue weighted by molar-refractivity contribution is 0.358. The summed E-state index contributed by atoms with van der Waals surface area (Å²) in [7, 11) is 0. The van der Waals surface area contributed by atoms with Gasteiger partial charge in [-0.1, -0.05) is 20.8 Å². The molecular formula is C10H23NS. The maximum atomic E-state index is 3.43. The van der Waals surface area contributed by atoms with Crippen molar-refractivity contribution in [2.24, 2.45) is 11.8 Å². The lowest BCUT2D eigenvalue weighted by Crippen LogP contribution is -2.26. The van der Waals surface area contributed by atoms with Crippen molar-refractivity contribution in [3.63, 3.8) is 0 Å². The summed E-state index contributed by atoms with van der Waals surface area (Å²) in [6.07, 6.45) is 3.54. The second-order valence-corrected chi connectivity index (χ2v) is 4.58. The highest BCUT2D eigenvalue weighted by Crippen LogP contribution is 2.16. The van der Waals surface area contributed by atoms with Crippen molar-refractivity contribution in [1.29, 1.82) is 0 Å². The zero-order valence-electron chi connectivity index (χ0n) is 8.89. The van der Waals surface area contributed by atoms with Gasteiger partial charge in [0.2, 0.25) is 0 Å². The molecule has 0 aliphatic heterocycles. The van der Waals surface area contributed by atoms with Crippen LogP contribution >= 0.6 is 11.8 Å². The molecule has 0 aliphatic carbocycles. The highest BCUT2D eigenvalue weighted by Gasteiger charge is 2.11. The summed E-state index contributed by atoms with van der Waals surface area (Å²) in [5.74, 6) is 2.97. The zero-order valence-corrected chi connectivity index (χ0v) is 9.71. The molecule has 0 aromatic carbocycles. The van der Waals surface area contributed by atoms with E-state index < -0.39 is 0 Å². The van der Waals surface area contributed by atoms with Crippen LogP contribution in [0.2, 0.25) is 0 Å². The predicted molar refractivity (Wildman–Crippen MR) is 59.9 cm³/mol. The third-order valence-electron chi connectivity index (χ3n) is 2.29. The highest BCUT2D eigenvalue weighted by atomic mass is 32.2. The quantitative estimate of drug-likeness (QED) is 0.661. The fraction of sp³-hybridized carbons (Fsp3) is 1.00. The predicted octanol–water partition coefficient (Wildman–Crippen LogP) is 2.62. The monoisotopic (exact) mass is 189 g/mol. The van der Waals surface area contributed by atoms with Gasteiger partial charge in [0.1, 0.15) is 0 Å². The summed E-state index contributed by atoms with van der Waals surface area (Å²) in [6.45, 7) is 9.10. The molecule has 0 rings (SSSR count). The number of hydrogen-bond acceptors (Lipinski definition) is 2. The van der Waals surface area contributed by atoms with Crippen LogP contribution in [0.3, 0.4) is 0 Å². The van der Waals surface area contributed by atoms with Crippen LogP contribution in [0.25, 0.3) is 0 Å². The van der Waals surface area contributed by atoms with Gasteiger partial charge in [0.15, 0.2) is 0 Å². The third-order valence-corrected chi connectivity index (χ3v) is 2.94. The first-order valence-electron chi connectivity index (χ1n) is 4.92. The summed E-state index contributed by atoms with van der Waals surface area (Å²) in [5.41, 5.74) is 0. The van der Waals surface area contributed by atoms with Crippen molar-refractivity contribution in [3.8, 4) is 0 Å². The van der Waals surface area contributed by atoms with Gasteiger partial charge >= 0.3 is 0 Å². The van der Waals surface area contributed by atoms with Crippen molar-refractivity contribution in [2.45, 2.75) is 27.2 Å². The van der Waals surface area contributed by atoms with Crippen LogP contribution in [0.5, 0.6) is 0 Å². The Labute approximate surface area is 81.7 Å². The molecule has 0 aromatic heterocycles. The first kappa shape index (κ1) is 12.3. The lowest BCUT2D eigenvalue weighted by atomic mass is 9.93. The summed E-state index contributed by atoms with van der Waals surface area (Å²) < 4.78 is 0. The average molecular weight is 189 g/mol. The second kappa shape index (κ2) is 7.93. The van der Waals surface area contributed by atoms with Crippen LogP contribution in [0, 0.1) is 11.8 Å². The minimum absolute atomic E-state index is 0.816. The molecular weight excluding hydrogens is 166 g/mol. The average Bonchev–Trinajstić information content (AvgIpc) is 2.04. The third kappa shape index (κ3) is 5.90. The van der Waals surface area contributed by atoms with Gasteiger partial charge in [-0.3, -0.25) is 0 Å². The Morgan fingerprint density at radius 2 is 2.00 bits per heavy atom. The molecule has 1 unspecified atom stereocenters. The molecule has 1 nitrogen and oxygen atoms in total. The minimum atomic E-state index is 0.816. The molecule has 12 heavy (non-hydrogen) atoms. The summed E-state index contributed by atoms with van der Waals surface area (Å²) >= 11 is 1.95. The topological polar surface area (TPSA) is 12.0 Å². The largest absolute Gasteiger partial charge is 0.317 e. The van der Waals surface area contributed by atoms with Crippen LogP contribution in [-0.2, 0) is 0 Å². The molecule has 0 bridgehead atoms. The first-order chi connectivity index (χ1) is 5.72. The maximum absolute atomic E-state index is 3.43. The number of nitrogens with one attached hydrogen (secondary N) is 1. The molecule has 0 heterocycles. The molecule has 2 heteroatoms. The highest BCUT2D eigenvalue weighted by molar-refractivity contribution is 7.98. The van der Waals surface area contributed by atoms with Crippen LogP contribution in [0.15, 0.2) is 0 Å². The van der Waals surface area contributed by atoms with Crippen LogP contribution in [0.1, 0.15) is 27.2 Å². The van der Waals surface area contributed by atoms with Crippen molar-refractivity contribution in [2.75, 3.05) is 25.1 Å². The van der Waals surface area contributed by atoms with E-state index in [1.54, 1.807) is 0 Å². The van der Waals surface area contributed by atoms with Gasteiger partial charge in [0.05, 0.1) is 0 Å². The molecule has 0 aromatic rings. The number of hydrogen-bond donors (Lipinski definition) is 1. The van der Waals surface area contributed by atoms with Gasteiger partial charge in [0.25, 0.3) is 0 Å². The van der Waals surface area contributed by atoms with E-state index in [4.69, 9.17) is 0 Å². The van der Waals surface area contributed by atoms with Crippen LogP contribution in [0.4, 0.5) is 0 Å². The molecule has 0 spiro atoms. The maximum Gasteiger partial charge on any atom is -0.00179 e. The van der Waals surface area contributed by atoms with Crippen molar-refractivity contribution in [1.82, 2.24) is 5.32 Å². The Balaban J connectivity index is 3.55. The zero-order chi connectivity index (χ0) is 9.40. The van der Waals surface area contributed by atoms with E-state index in [9.17, 15) is 0 Å².